The van der Waals surface area contributed by atoms with Gasteiger partial charge in [0.1, 0.15) is 5.75 Å². The summed E-state index contributed by atoms with van der Waals surface area (Å²) in [6, 6.07) is 11.1. The summed E-state index contributed by atoms with van der Waals surface area (Å²) in [6.07, 6.45) is 2.06. The van der Waals surface area contributed by atoms with Gasteiger partial charge in [-0.05, 0) is 48.6 Å². The van der Waals surface area contributed by atoms with Crippen LogP contribution in [0.5, 0.6) is 5.75 Å². The fourth-order valence-electron chi connectivity index (χ4n) is 3.80. The van der Waals surface area contributed by atoms with Crippen LogP contribution in [0.2, 0.25) is 0 Å². The molecule has 2 saturated heterocycles. The lowest BCUT2D eigenvalue weighted by atomic mass is 9.99. The zero-order chi connectivity index (χ0) is 20.1. The third kappa shape index (κ3) is 4.97. The molecule has 0 N–H and O–H groups in total. The van der Waals surface area contributed by atoms with Gasteiger partial charge in [-0.15, -0.1) is 11.3 Å². The molecule has 1 aromatic heterocycles. The van der Waals surface area contributed by atoms with E-state index in [9.17, 15) is 9.59 Å². The maximum Gasteiger partial charge on any atom is 0.263 e. The molecular weight excluding hydrogens is 388 g/mol. The summed E-state index contributed by atoms with van der Waals surface area (Å²) >= 11 is 1.49. The Kier molecular flexibility index (Phi) is 6.46. The Hall–Kier alpha value is -2.38. The van der Waals surface area contributed by atoms with E-state index in [-0.39, 0.29) is 11.8 Å². The zero-order valence-corrected chi connectivity index (χ0v) is 17.2. The quantitative estimate of drug-likeness (QED) is 0.754. The first-order chi connectivity index (χ1) is 14.2. The number of amides is 2. The topological polar surface area (TPSA) is 59.1 Å². The molecule has 29 heavy (non-hydrogen) atoms. The Morgan fingerprint density at radius 1 is 1.03 bits per heavy atom. The number of morpholine rings is 1. The number of ether oxygens (including phenoxy) is 2. The third-order valence-corrected chi connectivity index (χ3v) is 6.28. The highest BCUT2D eigenvalue weighted by atomic mass is 32.1. The minimum Gasteiger partial charge on any atom is -0.493 e. The number of piperidine rings is 1. The lowest BCUT2D eigenvalue weighted by molar-refractivity contribution is 0.0303. The van der Waals surface area contributed by atoms with Crippen molar-refractivity contribution < 1.29 is 19.1 Å². The van der Waals surface area contributed by atoms with Crippen molar-refractivity contribution in [1.29, 1.82) is 0 Å². The smallest absolute Gasteiger partial charge is 0.263 e. The van der Waals surface area contributed by atoms with E-state index in [1.165, 1.54) is 11.3 Å². The minimum atomic E-state index is 0.0369. The first kappa shape index (κ1) is 19.9. The molecule has 2 aliphatic rings. The molecule has 0 aliphatic carbocycles. The number of nitrogens with zero attached hydrogens (tertiary/aromatic N) is 2. The summed E-state index contributed by atoms with van der Waals surface area (Å²) in [5.41, 5.74) is 0.671. The molecule has 0 spiro atoms. The van der Waals surface area contributed by atoms with Crippen molar-refractivity contribution in [3.05, 3.63) is 52.2 Å². The van der Waals surface area contributed by atoms with Crippen molar-refractivity contribution in [2.75, 3.05) is 46.0 Å². The van der Waals surface area contributed by atoms with Crippen molar-refractivity contribution in [2.45, 2.75) is 12.8 Å². The fourth-order valence-corrected chi connectivity index (χ4v) is 4.49. The molecule has 2 aromatic rings. The molecule has 0 unspecified atom stereocenters. The van der Waals surface area contributed by atoms with Crippen LogP contribution in [0, 0.1) is 5.92 Å². The Morgan fingerprint density at radius 2 is 1.83 bits per heavy atom. The second kappa shape index (κ2) is 9.41. The van der Waals surface area contributed by atoms with Crippen molar-refractivity contribution in [2.24, 2.45) is 5.92 Å². The number of carbonyl (C=O) groups excluding carboxylic acids is 2. The van der Waals surface area contributed by atoms with Crippen LogP contribution in [-0.4, -0.2) is 67.6 Å². The molecule has 2 fully saturated rings. The van der Waals surface area contributed by atoms with Crippen LogP contribution in [0.4, 0.5) is 0 Å². The first-order valence-corrected chi connectivity index (χ1v) is 11.0. The van der Waals surface area contributed by atoms with Crippen LogP contribution in [0.3, 0.4) is 0 Å². The molecule has 154 valence electrons. The van der Waals surface area contributed by atoms with Gasteiger partial charge >= 0.3 is 0 Å². The molecule has 6 nitrogen and oxygen atoms in total. The van der Waals surface area contributed by atoms with E-state index in [4.69, 9.17) is 9.47 Å². The number of hydrogen-bond donors (Lipinski definition) is 0. The maximum absolute atomic E-state index is 12.6. The van der Waals surface area contributed by atoms with Gasteiger partial charge < -0.3 is 19.3 Å². The fraction of sp³-hybridized carbons (Fsp3) is 0.455. The van der Waals surface area contributed by atoms with E-state index >= 15 is 0 Å². The van der Waals surface area contributed by atoms with Gasteiger partial charge in [0.25, 0.3) is 11.8 Å². The van der Waals surface area contributed by atoms with Crippen LogP contribution >= 0.6 is 11.3 Å². The van der Waals surface area contributed by atoms with Crippen molar-refractivity contribution >= 4 is 23.2 Å². The van der Waals surface area contributed by atoms with E-state index in [1.807, 2.05) is 51.6 Å². The van der Waals surface area contributed by atoms with E-state index in [0.29, 0.717) is 44.4 Å². The lowest BCUT2D eigenvalue weighted by Crippen LogP contribution is -2.41. The van der Waals surface area contributed by atoms with Crippen molar-refractivity contribution in [3.8, 4) is 5.75 Å². The highest BCUT2D eigenvalue weighted by molar-refractivity contribution is 7.12. The summed E-state index contributed by atoms with van der Waals surface area (Å²) in [7, 11) is 0. The molecule has 1 atom stereocenters. The molecular formula is C22H26N2O4S. The predicted octanol–water partition coefficient (Wildman–Crippen LogP) is 3.15. The van der Waals surface area contributed by atoms with E-state index < -0.39 is 0 Å². The molecule has 0 radical (unpaired) electrons. The van der Waals surface area contributed by atoms with Crippen LogP contribution in [0.15, 0.2) is 41.8 Å². The second-order valence-electron chi connectivity index (χ2n) is 7.48. The Bertz CT molecular complexity index is 816. The van der Waals surface area contributed by atoms with Gasteiger partial charge in [0.05, 0.1) is 24.7 Å². The van der Waals surface area contributed by atoms with Crippen LogP contribution in [-0.2, 0) is 4.74 Å². The van der Waals surface area contributed by atoms with E-state index in [1.54, 1.807) is 0 Å². The lowest BCUT2D eigenvalue weighted by Gasteiger charge is -2.32. The molecule has 3 heterocycles. The monoisotopic (exact) mass is 414 g/mol. The average molecular weight is 415 g/mol. The first-order valence-electron chi connectivity index (χ1n) is 10.1. The number of rotatable bonds is 5. The standard InChI is InChI=1S/C22H26N2O4S/c25-21(23-10-12-27-13-11-23)18-5-7-19(8-6-18)28-16-17-3-1-9-24(15-17)22(26)20-4-2-14-29-20/h2,4-8,14,17H,1,3,9-13,15-16H2/t17-/m0/s1. The van der Waals surface area contributed by atoms with E-state index in [0.717, 1.165) is 36.6 Å². The highest BCUT2D eigenvalue weighted by Crippen LogP contribution is 2.22. The number of likely N-dealkylation sites (tertiary alicyclic amines) is 1. The SMILES string of the molecule is O=C(c1ccc(OC[C@H]2CCCN(C(=O)c3cccs3)C2)cc1)N1CCOCC1. The Balaban J connectivity index is 1.28. The molecule has 1 aromatic carbocycles. The highest BCUT2D eigenvalue weighted by Gasteiger charge is 2.25. The van der Waals surface area contributed by atoms with Crippen LogP contribution in [0.25, 0.3) is 0 Å². The third-order valence-electron chi connectivity index (χ3n) is 5.42. The van der Waals surface area contributed by atoms with Gasteiger partial charge in [0.15, 0.2) is 0 Å². The largest absolute Gasteiger partial charge is 0.493 e. The molecule has 7 heteroatoms. The van der Waals surface area contributed by atoms with Gasteiger partial charge in [-0.2, -0.15) is 0 Å². The Morgan fingerprint density at radius 3 is 2.55 bits per heavy atom. The predicted molar refractivity (Wildman–Crippen MR) is 112 cm³/mol. The summed E-state index contributed by atoms with van der Waals surface area (Å²) in [6.45, 7) is 4.58. The normalized spacial score (nSPS) is 19.8. The van der Waals surface area contributed by atoms with Crippen molar-refractivity contribution in [3.63, 3.8) is 0 Å². The van der Waals surface area contributed by atoms with Crippen LogP contribution < -0.4 is 4.74 Å². The number of hydrogen-bond acceptors (Lipinski definition) is 5. The van der Waals surface area contributed by atoms with Crippen molar-refractivity contribution in [1.82, 2.24) is 9.80 Å². The Labute approximate surface area is 175 Å². The van der Waals surface area contributed by atoms with Gasteiger partial charge in [0.2, 0.25) is 0 Å². The molecule has 2 amide bonds. The summed E-state index contributed by atoms with van der Waals surface area (Å²) < 4.78 is 11.3. The second-order valence-corrected chi connectivity index (χ2v) is 8.42. The van der Waals surface area contributed by atoms with Gasteiger partial charge in [-0.3, -0.25) is 9.59 Å². The molecule has 2 aliphatic heterocycles. The summed E-state index contributed by atoms with van der Waals surface area (Å²) in [5.74, 6) is 1.23. The summed E-state index contributed by atoms with van der Waals surface area (Å²) in [4.78, 5) is 29.6. The molecule has 0 saturated carbocycles. The maximum atomic E-state index is 12.6. The van der Waals surface area contributed by atoms with Gasteiger partial charge in [-0.1, -0.05) is 6.07 Å². The minimum absolute atomic E-state index is 0.0369. The molecule has 4 rings (SSSR count). The average Bonchev–Trinajstić information content (AvgIpc) is 3.33. The number of thiophene rings is 1. The van der Waals surface area contributed by atoms with E-state index in [2.05, 4.69) is 0 Å². The van der Waals surface area contributed by atoms with Gasteiger partial charge in [-0.25, -0.2) is 0 Å². The molecule has 0 bridgehead atoms. The number of carbonyl (C=O) groups is 2. The van der Waals surface area contributed by atoms with Crippen LogP contribution in [0.1, 0.15) is 32.9 Å². The number of benzene rings is 1. The van der Waals surface area contributed by atoms with Gasteiger partial charge in [0, 0.05) is 37.7 Å². The summed E-state index contributed by atoms with van der Waals surface area (Å²) in [5, 5.41) is 1.94. The zero-order valence-electron chi connectivity index (χ0n) is 16.4.